The Morgan fingerprint density at radius 3 is 2.64 bits per heavy atom. The summed E-state index contributed by atoms with van der Waals surface area (Å²) in [6, 6.07) is 12.0. The molecular weight excluding hydrogens is 338 g/mol. The number of hydrogen-bond acceptors (Lipinski definition) is 5. The molecule has 0 atom stereocenters. The van der Waals surface area contributed by atoms with E-state index in [1.807, 2.05) is 31.2 Å². The van der Waals surface area contributed by atoms with Gasteiger partial charge in [-0.05, 0) is 49.6 Å². The molecule has 0 saturated carbocycles. The lowest BCUT2D eigenvalue weighted by molar-refractivity contribution is 0.0543. The number of nitrogens with one attached hydrogen (secondary N) is 1. The van der Waals surface area contributed by atoms with Crippen LogP contribution >= 0.6 is 11.6 Å². The average molecular weight is 358 g/mol. The predicted molar refractivity (Wildman–Crippen MR) is 97.2 cm³/mol. The van der Waals surface area contributed by atoms with Crippen LogP contribution in [0.25, 0.3) is 5.65 Å². The highest BCUT2D eigenvalue weighted by molar-refractivity contribution is 6.30. The summed E-state index contributed by atoms with van der Waals surface area (Å²) < 4.78 is 7.16. The normalized spacial score (nSPS) is 16.9. The monoisotopic (exact) mass is 357 g/mol. The zero-order valence-electron chi connectivity index (χ0n) is 14.1. The van der Waals surface area contributed by atoms with E-state index < -0.39 is 0 Å². The number of rotatable bonds is 4. The van der Waals surface area contributed by atoms with Crippen LogP contribution in [0.2, 0.25) is 5.02 Å². The molecule has 0 spiro atoms. The van der Waals surface area contributed by atoms with Gasteiger partial charge < -0.3 is 10.1 Å². The van der Waals surface area contributed by atoms with Crippen molar-refractivity contribution >= 4 is 23.1 Å². The van der Waals surface area contributed by atoms with Gasteiger partial charge in [0.15, 0.2) is 5.65 Å². The van der Waals surface area contributed by atoms with Gasteiger partial charge in [-0.15, -0.1) is 14.8 Å². The molecule has 0 unspecified atom stereocenters. The standard InChI is InChI=1S/C18H20ClN5O/c1-13-21-17-7-6-16(23-24(17)22-13)20-12-18(8-10-25-11-9-18)14-2-4-15(19)5-3-14/h2-7H,8-12H2,1H3,(H,20,23). The molecule has 1 saturated heterocycles. The smallest absolute Gasteiger partial charge is 0.176 e. The van der Waals surface area contributed by atoms with Crippen molar-refractivity contribution in [2.45, 2.75) is 25.2 Å². The van der Waals surface area contributed by atoms with Crippen molar-refractivity contribution in [2.24, 2.45) is 0 Å². The summed E-state index contributed by atoms with van der Waals surface area (Å²) in [6.07, 6.45) is 1.93. The van der Waals surface area contributed by atoms with E-state index >= 15 is 0 Å². The number of anilines is 1. The molecule has 0 aliphatic carbocycles. The van der Waals surface area contributed by atoms with E-state index in [9.17, 15) is 0 Å². The van der Waals surface area contributed by atoms with Crippen LogP contribution in [-0.4, -0.2) is 39.6 Å². The van der Waals surface area contributed by atoms with Crippen molar-refractivity contribution in [1.29, 1.82) is 0 Å². The Kier molecular flexibility index (Phi) is 4.31. The number of halogens is 1. The molecule has 1 aliphatic rings. The van der Waals surface area contributed by atoms with Gasteiger partial charge in [0, 0.05) is 30.2 Å². The van der Waals surface area contributed by atoms with E-state index in [2.05, 4.69) is 32.6 Å². The summed E-state index contributed by atoms with van der Waals surface area (Å²) in [7, 11) is 0. The molecule has 130 valence electrons. The third kappa shape index (κ3) is 3.32. The zero-order chi connectivity index (χ0) is 17.3. The van der Waals surface area contributed by atoms with E-state index in [1.54, 1.807) is 4.63 Å². The van der Waals surface area contributed by atoms with Crippen molar-refractivity contribution in [1.82, 2.24) is 19.8 Å². The van der Waals surface area contributed by atoms with Gasteiger partial charge >= 0.3 is 0 Å². The number of ether oxygens (including phenoxy) is 1. The SMILES string of the molecule is Cc1nc2ccc(NCC3(c4ccc(Cl)cc4)CCOCC3)nn2n1. The second-order valence-corrected chi connectivity index (χ2v) is 6.91. The van der Waals surface area contributed by atoms with Crippen molar-refractivity contribution in [2.75, 3.05) is 25.1 Å². The maximum absolute atomic E-state index is 6.06. The molecule has 0 amide bonds. The molecule has 7 heteroatoms. The Morgan fingerprint density at radius 1 is 1.12 bits per heavy atom. The van der Waals surface area contributed by atoms with E-state index in [-0.39, 0.29) is 5.41 Å². The molecule has 25 heavy (non-hydrogen) atoms. The van der Waals surface area contributed by atoms with Crippen LogP contribution in [0.3, 0.4) is 0 Å². The fraction of sp³-hybridized carbons (Fsp3) is 0.389. The van der Waals surface area contributed by atoms with Crippen LogP contribution in [0.15, 0.2) is 36.4 Å². The first kappa shape index (κ1) is 16.3. The summed E-state index contributed by atoms with van der Waals surface area (Å²) in [5.41, 5.74) is 2.05. The van der Waals surface area contributed by atoms with Crippen LogP contribution in [0, 0.1) is 6.92 Å². The summed E-state index contributed by atoms with van der Waals surface area (Å²) in [5.74, 6) is 1.50. The summed E-state index contributed by atoms with van der Waals surface area (Å²) >= 11 is 6.06. The van der Waals surface area contributed by atoms with Crippen molar-refractivity contribution in [3.05, 3.63) is 52.8 Å². The fourth-order valence-corrected chi connectivity index (χ4v) is 3.50. The first-order valence-corrected chi connectivity index (χ1v) is 8.81. The molecule has 0 radical (unpaired) electrons. The zero-order valence-corrected chi connectivity index (χ0v) is 14.8. The molecule has 1 N–H and O–H groups in total. The quantitative estimate of drug-likeness (QED) is 0.776. The average Bonchev–Trinajstić information content (AvgIpc) is 3.00. The number of benzene rings is 1. The number of nitrogens with zero attached hydrogens (tertiary/aromatic N) is 4. The van der Waals surface area contributed by atoms with E-state index in [0.29, 0.717) is 5.82 Å². The Hall–Kier alpha value is -2.18. The topological polar surface area (TPSA) is 64.3 Å². The molecule has 3 heterocycles. The number of aromatic nitrogens is 4. The highest BCUT2D eigenvalue weighted by Gasteiger charge is 2.34. The number of aryl methyl sites for hydroxylation is 1. The molecule has 1 aromatic carbocycles. The lowest BCUT2D eigenvalue weighted by atomic mass is 9.74. The second-order valence-electron chi connectivity index (χ2n) is 6.48. The van der Waals surface area contributed by atoms with Crippen LogP contribution < -0.4 is 5.32 Å². The minimum Gasteiger partial charge on any atom is -0.381 e. The van der Waals surface area contributed by atoms with E-state index in [1.165, 1.54) is 5.56 Å². The minimum atomic E-state index is 0.0117. The number of hydrogen-bond donors (Lipinski definition) is 1. The van der Waals surface area contributed by atoms with Gasteiger partial charge in [0.05, 0.1) is 0 Å². The lowest BCUT2D eigenvalue weighted by Crippen LogP contribution is -2.40. The molecule has 2 aromatic heterocycles. The molecular formula is C18H20ClN5O. The van der Waals surface area contributed by atoms with Gasteiger partial charge in [0.25, 0.3) is 0 Å². The summed E-state index contributed by atoms with van der Waals surface area (Å²) in [4.78, 5) is 4.31. The molecule has 1 fully saturated rings. The van der Waals surface area contributed by atoms with Gasteiger partial charge in [-0.3, -0.25) is 0 Å². The maximum atomic E-state index is 6.06. The Balaban J connectivity index is 1.58. The minimum absolute atomic E-state index is 0.0117. The van der Waals surface area contributed by atoms with Gasteiger partial charge in [0.2, 0.25) is 0 Å². The molecule has 3 aromatic rings. The predicted octanol–water partition coefficient (Wildman–Crippen LogP) is 3.25. The Labute approximate surface area is 151 Å². The van der Waals surface area contributed by atoms with Gasteiger partial charge in [-0.2, -0.15) is 0 Å². The summed E-state index contributed by atoms with van der Waals surface area (Å²) in [5, 5.41) is 13.0. The van der Waals surface area contributed by atoms with Crippen LogP contribution in [-0.2, 0) is 10.2 Å². The molecule has 4 rings (SSSR count). The first-order valence-electron chi connectivity index (χ1n) is 8.43. The highest BCUT2D eigenvalue weighted by atomic mass is 35.5. The first-order chi connectivity index (χ1) is 12.1. The summed E-state index contributed by atoms with van der Waals surface area (Å²) in [6.45, 7) is 4.17. The highest BCUT2D eigenvalue weighted by Crippen LogP contribution is 2.35. The molecule has 1 aliphatic heterocycles. The Morgan fingerprint density at radius 2 is 1.88 bits per heavy atom. The maximum Gasteiger partial charge on any atom is 0.176 e. The van der Waals surface area contributed by atoms with Crippen LogP contribution in [0.1, 0.15) is 24.2 Å². The van der Waals surface area contributed by atoms with Crippen molar-refractivity contribution < 1.29 is 4.74 Å². The lowest BCUT2D eigenvalue weighted by Gasteiger charge is -2.38. The van der Waals surface area contributed by atoms with Crippen molar-refractivity contribution in [3.8, 4) is 0 Å². The van der Waals surface area contributed by atoms with Gasteiger partial charge in [-0.25, -0.2) is 4.98 Å². The Bertz CT molecular complexity index is 871. The van der Waals surface area contributed by atoms with E-state index in [0.717, 1.165) is 49.1 Å². The van der Waals surface area contributed by atoms with Gasteiger partial charge in [0.1, 0.15) is 11.6 Å². The number of fused-ring (bicyclic) bond motifs is 1. The largest absolute Gasteiger partial charge is 0.381 e. The molecule has 0 bridgehead atoms. The second kappa shape index (κ2) is 6.61. The van der Waals surface area contributed by atoms with Crippen molar-refractivity contribution in [3.63, 3.8) is 0 Å². The third-order valence-corrected chi connectivity index (χ3v) is 5.08. The van der Waals surface area contributed by atoms with Crippen LogP contribution in [0.5, 0.6) is 0 Å². The third-order valence-electron chi connectivity index (χ3n) is 4.83. The van der Waals surface area contributed by atoms with Crippen LogP contribution in [0.4, 0.5) is 5.82 Å². The van der Waals surface area contributed by atoms with Gasteiger partial charge in [-0.1, -0.05) is 23.7 Å². The van der Waals surface area contributed by atoms with E-state index in [4.69, 9.17) is 16.3 Å². The molecule has 6 nitrogen and oxygen atoms in total. The fourth-order valence-electron chi connectivity index (χ4n) is 3.37.